The number of carbonyl (C=O) groups excluding carboxylic acids is 2. The number of aromatic nitrogens is 2. The first kappa shape index (κ1) is 20.4. The van der Waals surface area contributed by atoms with Gasteiger partial charge in [-0.05, 0) is 44.2 Å². The first-order valence-corrected chi connectivity index (χ1v) is 10.7. The molecular formula is C23H30N4O3. The highest BCUT2D eigenvalue weighted by atomic mass is 16.5. The minimum Gasteiger partial charge on any atom is -0.496 e. The number of nitrogens with zero attached hydrogens (tertiary/aromatic N) is 3. The zero-order valence-corrected chi connectivity index (χ0v) is 17.7. The van der Waals surface area contributed by atoms with Crippen LogP contribution in [0.3, 0.4) is 0 Å². The Bertz CT molecular complexity index is 901. The summed E-state index contributed by atoms with van der Waals surface area (Å²) < 4.78 is 7.44. The van der Waals surface area contributed by atoms with Crippen LogP contribution in [0.4, 0.5) is 0 Å². The highest BCUT2D eigenvalue weighted by molar-refractivity contribution is 5.89. The molecule has 1 aromatic heterocycles. The molecule has 0 radical (unpaired) electrons. The molecule has 7 heteroatoms. The molecule has 2 amide bonds. The average Bonchev–Trinajstić information content (AvgIpc) is 3.35. The van der Waals surface area contributed by atoms with Gasteiger partial charge in [-0.2, -0.15) is 5.10 Å². The maximum atomic E-state index is 12.8. The molecule has 4 rings (SSSR count). The van der Waals surface area contributed by atoms with Gasteiger partial charge in [-0.1, -0.05) is 18.2 Å². The smallest absolute Gasteiger partial charge is 0.225 e. The number of amides is 2. The molecule has 2 aliphatic rings. The van der Waals surface area contributed by atoms with Gasteiger partial charge >= 0.3 is 0 Å². The second-order valence-corrected chi connectivity index (χ2v) is 8.50. The largest absolute Gasteiger partial charge is 0.496 e. The van der Waals surface area contributed by atoms with Gasteiger partial charge in [0.2, 0.25) is 11.8 Å². The topological polar surface area (TPSA) is 76.5 Å². The van der Waals surface area contributed by atoms with E-state index in [1.165, 1.54) is 5.56 Å². The van der Waals surface area contributed by atoms with Crippen molar-refractivity contribution in [3.8, 4) is 5.75 Å². The van der Waals surface area contributed by atoms with E-state index in [9.17, 15) is 9.59 Å². The van der Waals surface area contributed by atoms with Crippen LogP contribution in [0, 0.1) is 12.8 Å². The number of ether oxygens (including phenoxy) is 1. The van der Waals surface area contributed by atoms with E-state index in [0.717, 1.165) is 37.0 Å². The molecule has 2 fully saturated rings. The minimum atomic E-state index is -0.279. The van der Waals surface area contributed by atoms with Gasteiger partial charge in [-0.25, -0.2) is 0 Å². The average molecular weight is 411 g/mol. The standard InChI is InChI=1S/C23H30N4O3/c1-16-12-24-27(13-16)20-9-7-19(8-10-20)25-23(29)18-11-22(28)26(15-18)14-17-5-3-4-6-21(17)30-2/h3-6,12-13,18-20H,7-11,14-15H2,1-2H3,(H,25,29). The summed E-state index contributed by atoms with van der Waals surface area (Å²) in [7, 11) is 1.63. The lowest BCUT2D eigenvalue weighted by Gasteiger charge is -2.30. The third-order valence-corrected chi connectivity index (χ3v) is 6.29. The summed E-state index contributed by atoms with van der Waals surface area (Å²) in [5, 5.41) is 7.62. The van der Waals surface area contributed by atoms with Gasteiger partial charge in [-0.15, -0.1) is 0 Å². The lowest BCUT2D eigenvalue weighted by Crippen LogP contribution is -2.41. The Morgan fingerprint density at radius 2 is 2.00 bits per heavy atom. The van der Waals surface area contributed by atoms with E-state index < -0.39 is 0 Å². The summed E-state index contributed by atoms with van der Waals surface area (Å²) in [6.07, 6.45) is 8.17. The third-order valence-electron chi connectivity index (χ3n) is 6.29. The number of hydrogen-bond donors (Lipinski definition) is 1. The fraction of sp³-hybridized carbons (Fsp3) is 0.522. The van der Waals surface area contributed by atoms with Gasteiger partial charge in [0.15, 0.2) is 0 Å². The van der Waals surface area contributed by atoms with Gasteiger partial charge in [0.25, 0.3) is 0 Å². The number of para-hydroxylation sites is 1. The van der Waals surface area contributed by atoms with Crippen LogP contribution in [0.2, 0.25) is 0 Å². The second-order valence-electron chi connectivity index (χ2n) is 8.50. The summed E-state index contributed by atoms with van der Waals surface area (Å²) in [5.74, 6) is 0.518. The van der Waals surface area contributed by atoms with Crippen molar-refractivity contribution in [2.45, 2.75) is 57.7 Å². The number of hydrogen-bond acceptors (Lipinski definition) is 4. The predicted octanol–water partition coefficient (Wildman–Crippen LogP) is 2.85. The van der Waals surface area contributed by atoms with E-state index in [-0.39, 0.29) is 30.2 Å². The molecule has 1 atom stereocenters. The van der Waals surface area contributed by atoms with Crippen molar-refractivity contribution < 1.29 is 14.3 Å². The number of rotatable bonds is 6. The van der Waals surface area contributed by atoms with Crippen molar-refractivity contribution >= 4 is 11.8 Å². The van der Waals surface area contributed by atoms with E-state index >= 15 is 0 Å². The van der Waals surface area contributed by atoms with E-state index in [0.29, 0.717) is 19.1 Å². The summed E-state index contributed by atoms with van der Waals surface area (Å²) in [6.45, 7) is 2.99. The van der Waals surface area contributed by atoms with E-state index in [1.807, 2.05) is 30.5 Å². The summed E-state index contributed by atoms with van der Waals surface area (Å²) >= 11 is 0. The number of carbonyl (C=O) groups is 2. The van der Waals surface area contributed by atoms with Crippen molar-refractivity contribution in [1.29, 1.82) is 0 Å². The Kier molecular flexibility index (Phi) is 6.06. The summed E-state index contributed by atoms with van der Waals surface area (Å²) in [4.78, 5) is 27.0. The summed E-state index contributed by atoms with van der Waals surface area (Å²) in [6, 6.07) is 8.29. The predicted molar refractivity (Wildman–Crippen MR) is 113 cm³/mol. The van der Waals surface area contributed by atoms with Crippen LogP contribution >= 0.6 is 0 Å². The zero-order valence-electron chi connectivity index (χ0n) is 17.7. The SMILES string of the molecule is COc1ccccc1CN1CC(C(=O)NC2CCC(n3cc(C)cn3)CC2)CC1=O. The van der Waals surface area contributed by atoms with Gasteiger partial charge in [0.1, 0.15) is 5.75 Å². The van der Waals surface area contributed by atoms with E-state index in [1.54, 1.807) is 12.0 Å². The van der Waals surface area contributed by atoms with Crippen LogP contribution in [0.5, 0.6) is 5.75 Å². The van der Waals surface area contributed by atoms with E-state index in [2.05, 4.69) is 28.2 Å². The highest BCUT2D eigenvalue weighted by Gasteiger charge is 2.36. The minimum absolute atomic E-state index is 0.00394. The molecule has 0 bridgehead atoms. The van der Waals surface area contributed by atoms with Crippen LogP contribution in [0.25, 0.3) is 0 Å². The van der Waals surface area contributed by atoms with Gasteiger partial charge in [0.05, 0.1) is 25.3 Å². The lowest BCUT2D eigenvalue weighted by molar-refractivity contribution is -0.129. The first-order chi connectivity index (χ1) is 14.5. The molecule has 1 aromatic carbocycles. The molecule has 1 N–H and O–H groups in total. The number of benzene rings is 1. The lowest BCUT2D eigenvalue weighted by atomic mass is 9.90. The fourth-order valence-corrected chi connectivity index (χ4v) is 4.58. The quantitative estimate of drug-likeness (QED) is 0.795. The van der Waals surface area contributed by atoms with Crippen LogP contribution in [-0.2, 0) is 16.1 Å². The molecule has 7 nitrogen and oxygen atoms in total. The van der Waals surface area contributed by atoms with Crippen molar-refractivity contribution in [2.24, 2.45) is 5.92 Å². The Balaban J connectivity index is 1.28. The summed E-state index contributed by atoms with van der Waals surface area (Å²) in [5.41, 5.74) is 2.13. The van der Waals surface area contributed by atoms with Gasteiger partial charge < -0.3 is 15.0 Å². The maximum absolute atomic E-state index is 12.8. The molecule has 2 aromatic rings. The van der Waals surface area contributed by atoms with Gasteiger partial charge in [0, 0.05) is 37.3 Å². The monoisotopic (exact) mass is 410 g/mol. The molecule has 2 heterocycles. The Morgan fingerprint density at radius 1 is 1.23 bits per heavy atom. The number of aryl methyl sites for hydroxylation is 1. The Morgan fingerprint density at radius 3 is 2.70 bits per heavy atom. The molecule has 1 aliphatic carbocycles. The normalized spacial score (nSPS) is 24.1. The number of nitrogens with one attached hydrogen (secondary N) is 1. The van der Waals surface area contributed by atoms with Gasteiger partial charge in [-0.3, -0.25) is 14.3 Å². The number of likely N-dealkylation sites (tertiary alicyclic amines) is 1. The molecule has 0 spiro atoms. The third kappa shape index (κ3) is 4.50. The molecule has 1 aliphatic heterocycles. The van der Waals surface area contributed by atoms with Crippen LogP contribution in [-0.4, -0.2) is 46.2 Å². The van der Waals surface area contributed by atoms with Crippen molar-refractivity contribution in [3.05, 3.63) is 47.8 Å². The molecule has 1 saturated heterocycles. The zero-order chi connectivity index (χ0) is 21.1. The molecule has 1 unspecified atom stereocenters. The fourth-order valence-electron chi connectivity index (χ4n) is 4.58. The van der Waals surface area contributed by atoms with E-state index in [4.69, 9.17) is 4.74 Å². The van der Waals surface area contributed by atoms with Crippen LogP contribution < -0.4 is 10.1 Å². The van der Waals surface area contributed by atoms with Crippen molar-refractivity contribution in [2.75, 3.05) is 13.7 Å². The van der Waals surface area contributed by atoms with Crippen LogP contribution in [0.15, 0.2) is 36.7 Å². The number of methoxy groups -OCH3 is 1. The Labute approximate surface area is 177 Å². The Hall–Kier alpha value is -2.83. The van der Waals surface area contributed by atoms with Crippen molar-refractivity contribution in [1.82, 2.24) is 20.0 Å². The second kappa shape index (κ2) is 8.90. The molecule has 30 heavy (non-hydrogen) atoms. The molecular weight excluding hydrogens is 380 g/mol. The maximum Gasteiger partial charge on any atom is 0.225 e. The van der Waals surface area contributed by atoms with Crippen LogP contribution in [0.1, 0.15) is 49.3 Å². The molecule has 160 valence electrons. The molecule has 1 saturated carbocycles. The van der Waals surface area contributed by atoms with Crippen molar-refractivity contribution in [3.63, 3.8) is 0 Å². The highest BCUT2D eigenvalue weighted by Crippen LogP contribution is 2.29. The first-order valence-electron chi connectivity index (χ1n) is 10.7.